The number of hydrogen-bond acceptors (Lipinski definition) is 2. The van der Waals surface area contributed by atoms with Crippen molar-refractivity contribution < 1.29 is 25.4 Å². The van der Waals surface area contributed by atoms with Gasteiger partial charge < -0.3 is 6.53 Å². The summed E-state index contributed by atoms with van der Waals surface area (Å²) in [5.41, 5.74) is 4.48. The Balaban J connectivity index is 0.00000110. The van der Waals surface area contributed by atoms with Crippen LogP contribution < -0.4 is 18.9 Å². The van der Waals surface area contributed by atoms with E-state index in [2.05, 4.69) is 29.2 Å². The molecule has 0 amide bonds. The van der Waals surface area contributed by atoms with E-state index in [1.165, 1.54) is 0 Å². The quantitative estimate of drug-likeness (QED) is 0.699. The molecule has 3 rings (SSSR count). The van der Waals surface area contributed by atoms with Crippen molar-refractivity contribution in [3.8, 4) is 28.0 Å². The molecule has 3 aromatic rings. The number of rotatable bonds is 2. The summed E-state index contributed by atoms with van der Waals surface area (Å²) in [5, 5.41) is 9.29. The van der Waals surface area contributed by atoms with E-state index in [1.54, 1.807) is 18.3 Å². The zero-order valence-corrected chi connectivity index (χ0v) is 11.3. The number of nitrogens with zero attached hydrogens (tertiary/aromatic N) is 1. The summed E-state index contributed by atoms with van der Waals surface area (Å²) in [4.78, 5) is 4.12. The summed E-state index contributed by atoms with van der Waals surface area (Å²) in [6.07, 6.45) is 3.63. The number of aromatic nitrogens is 1. The molecule has 0 aliphatic rings. The minimum atomic E-state index is 0. The molecule has 0 unspecified atom stereocenters. The number of pyridine rings is 1. The van der Waals surface area contributed by atoms with Crippen molar-refractivity contribution in [3.05, 3.63) is 73.1 Å². The molecule has 0 fully saturated rings. The zero-order valence-electron chi connectivity index (χ0n) is 12.3. The summed E-state index contributed by atoms with van der Waals surface area (Å²) in [6.45, 7) is 0. The van der Waals surface area contributed by atoms with Crippen LogP contribution in [0.1, 0.15) is 1.43 Å². The Labute approximate surface area is 131 Å². The first kappa shape index (κ1) is 14.4. The Kier molecular flexibility index (Phi) is 4.63. The zero-order chi connectivity index (χ0) is 13.1. The van der Waals surface area contributed by atoms with E-state index in [0.717, 1.165) is 22.3 Å². The normalized spacial score (nSPS) is 9.80. The number of benzene rings is 2. The van der Waals surface area contributed by atoms with E-state index in [-0.39, 0.29) is 26.0 Å². The second-order valence-electron chi connectivity index (χ2n) is 4.37. The SMILES string of the molecule is Oc1ccc(-c2ccc(-c3cccnc3)cc2)cc1.[H-].[Li+]. The molecule has 0 saturated carbocycles. The maximum Gasteiger partial charge on any atom is 1.00 e. The van der Waals surface area contributed by atoms with Gasteiger partial charge >= 0.3 is 18.9 Å². The molecule has 0 aliphatic heterocycles. The molecule has 0 bridgehead atoms. The summed E-state index contributed by atoms with van der Waals surface area (Å²) < 4.78 is 0. The smallest absolute Gasteiger partial charge is 1.00 e. The Morgan fingerprint density at radius 1 is 0.700 bits per heavy atom. The molecule has 0 saturated heterocycles. The van der Waals surface area contributed by atoms with Gasteiger partial charge in [0.2, 0.25) is 0 Å². The molecule has 3 heteroatoms. The molecule has 0 spiro atoms. The van der Waals surface area contributed by atoms with Gasteiger partial charge in [0.15, 0.2) is 0 Å². The van der Waals surface area contributed by atoms with Gasteiger partial charge in [0, 0.05) is 12.4 Å². The summed E-state index contributed by atoms with van der Waals surface area (Å²) in [6, 6.07) is 19.5. The summed E-state index contributed by atoms with van der Waals surface area (Å²) >= 11 is 0. The van der Waals surface area contributed by atoms with Gasteiger partial charge in [-0.3, -0.25) is 4.98 Å². The van der Waals surface area contributed by atoms with E-state index in [1.807, 2.05) is 30.5 Å². The Morgan fingerprint density at radius 3 is 1.70 bits per heavy atom. The molecule has 1 heterocycles. The van der Waals surface area contributed by atoms with E-state index in [4.69, 9.17) is 0 Å². The average Bonchev–Trinajstić information content (AvgIpc) is 2.49. The minimum Gasteiger partial charge on any atom is -1.00 e. The van der Waals surface area contributed by atoms with Crippen LogP contribution in [0.2, 0.25) is 0 Å². The standard InChI is InChI=1S/C17H13NO.Li.H/c19-17-9-7-14(8-10-17)13-3-5-15(6-4-13)16-2-1-11-18-12-16;;/h1-12,19H;;/q;+1;-1. The van der Waals surface area contributed by atoms with E-state index in [0.29, 0.717) is 0 Å². The van der Waals surface area contributed by atoms with Crippen molar-refractivity contribution in [2.75, 3.05) is 0 Å². The average molecular weight is 255 g/mol. The molecule has 94 valence electrons. The van der Waals surface area contributed by atoms with Gasteiger partial charge in [-0.2, -0.15) is 0 Å². The molecule has 2 nitrogen and oxygen atoms in total. The first-order chi connectivity index (χ1) is 9.33. The maximum atomic E-state index is 9.29. The molecule has 20 heavy (non-hydrogen) atoms. The van der Waals surface area contributed by atoms with Crippen LogP contribution in [0.25, 0.3) is 22.3 Å². The first-order valence-electron chi connectivity index (χ1n) is 6.13. The van der Waals surface area contributed by atoms with Crippen LogP contribution in [0.5, 0.6) is 5.75 Å². The molecule has 0 aliphatic carbocycles. The molecule has 2 aromatic carbocycles. The Bertz CT molecular complexity index is 669. The van der Waals surface area contributed by atoms with Crippen LogP contribution in [0.3, 0.4) is 0 Å². The van der Waals surface area contributed by atoms with Gasteiger partial charge in [-0.1, -0.05) is 42.5 Å². The fourth-order valence-corrected chi connectivity index (χ4v) is 2.04. The Morgan fingerprint density at radius 2 is 1.20 bits per heavy atom. The van der Waals surface area contributed by atoms with Crippen LogP contribution in [0.15, 0.2) is 73.1 Å². The van der Waals surface area contributed by atoms with Gasteiger partial charge in [0.1, 0.15) is 5.75 Å². The van der Waals surface area contributed by atoms with Crippen molar-refractivity contribution in [1.82, 2.24) is 4.98 Å². The van der Waals surface area contributed by atoms with E-state index >= 15 is 0 Å². The second kappa shape index (κ2) is 6.43. The van der Waals surface area contributed by atoms with Crippen molar-refractivity contribution in [3.63, 3.8) is 0 Å². The number of hydrogen-bond donors (Lipinski definition) is 1. The van der Waals surface area contributed by atoms with Gasteiger partial charge in [-0.05, 0) is 40.5 Å². The fourth-order valence-electron chi connectivity index (χ4n) is 2.04. The molecular formula is C17H14LiNO. The van der Waals surface area contributed by atoms with Crippen molar-refractivity contribution in [1.29, 1.82) is 0 Å². The van der Waals surface area contributed by atoms with Crippen LogP contribution in [0, 0.1) is 0 Å². The van der Waals surface area contributed by atoms with Crippen LogP contribution in [-0.2, 0) is 0 Å². The van der Waals surface area contributed by atoms with Gasteiger partial charge in [-0.25, -0.2) is 0 Å². The second-order valence-corrected chi connectivity index (χ2v) is 4.37. The maximum absolute atomic E-state index is 9.29. The molecule has 1 N–H and O–H groups in total. The fraction of sp³-hybridized carbons (Fsp3) is 0. The molecular weight excluding hydrogens is 241 g/mol. The third kappa shape index (κ3) is 3.11. The van der Waals surface area contributed by atoms with Crippen molar-refractivity contribution >= 4 is 0 Å². The third-order valence-corrected chi connectivity index (χ3v) is 3.08. The largest absolute Gasteiger partial charge is 1.00 e. The van der Waals surface area contributed by atoms with E-state index in [9.17, 15) is 5.11 Å². The number of phenols is 1. The number of phenolic OH excluding ortho intramolecular Hbond substituents is 1. The monoisotopic (exact) mass is 255 g/mol. The molecule has 1 aromatic heterocycles. The predicted octanol–water partition coefficient (Wildman–Crippen LogP) is 1.24. The van der Waals surface area contributed by atoms with Gasteiger partial charge in [-0.15, -0.1) is 0 Å². The first-order valence-corrected chi connectivity index (χ1v) is 6.13. The summed E-state index contributed by atoms with van der Waals surface area (Å²) in [5.74, 6) is 0.288. The topological polar surface area (TPSA) is 33.1 Å². The third-order valence-electron chi connectivity index (χ3n) is 3.08. The number of aromatic hydroxyl groups is 1. The van der Waals surface area contributed by atoms with Crippen LogP contribution in [-0.4, -0.2) is 10.1 Å². The Hall–Kier alpha value is -2.01. The molecule has 0 atom stereocenters. The van der Waals surface area contributed by atoms with E-state index < -0.39 is 0 Å². The van der Waals surface area contributed by atoms with Crippen LogP contribution >= 0.6 is 0 Å². The van der Waals surface area contributed by atoms with Crippen molar-refractivity contribution in [2.45, 2.75) is 0 Å². The van der Waals surface area contributed by atoms with Crippen LogP contribution in [0.4, 0.5) is 0 Å². The predicted molar refractivity (Wildman–Crippen MR) is 77.9 cm³/mol. The summed E-state index contributed by atoms with van der Waals surface area (Å²) in [7, 11) is 0. The van der Waals surface area contributed by atoms with Crippen molar-refractivity contribution in [2.24, 2.45) is 0 Å². The minimum absolute atomic E-state index is 0. The molecule has 0 radical (unpaired) electrons. The van der Waals surface area contributed by atoms with Gasteiger partial charge in [0.25, 0.3) is 0 Å². The van der Waals surface area contributed by atoms with Gasteiger partial charge in [0.05, 0.1) is 0 Å².